The van der Waals surface area contributed by atoms with Crippen LogP contribution in [0.15, 0.2) is 71.6 Å². The maximum Gasteiger partial charge on any atom is 0.144 e. The van der Waals surface area contributed by atoms with Crippen LogP contribution in [0.25, 0.3) is 16.8 Å². The summed E-state index contributed by atoms with van der Waals surface area (Å²) >= 11 is 1.44. The van der Waals surface area contributed by atoms with Crippen molar-refractivity contribution in [1.82, 2.24) is 0 Å². The number of hydrogen-bond donors (Lipinski definition) is 2. The van der Waals surface area contributed by atoms with Gasteiger partial charge in [0.25, 0.3) is 0 Å². The van der Waals surface area contributed by atoms with Gasteiger partial charge in [0, 0.05) is 22.4 Å². The van der Waals surface area contributed by atoms with E-state index >= 15 is 0 Å². The van der Waals surface area contributed by atoms with E-state index in [2.05, 4.69) is 18.2 Å². The van der Waals surface area contributed by atoms with Gasteiger partial charge in [-0.2, -0.15) is 0 Å². The van der Waals surface area contributed by atoms with Crippen molar-refractivity contribution in [3.05, 3.63) is 77.9 Å². The smallest absolute Gasteiger partial charge is 0.144 e. The predicted molar refractivity (Wildman–Crippen MR) is 95.5 cm³/mol. The summed E-state index contributed by atoms with van der Waals surface area (Å²) in [5.74, 6) is 0.204. The molecule has 2 nitrogen and oxygen atoms in total. The number of aliphatic hydroxyl groups is 1. The van der Waals surface area contributed by atoms with Crippen molar-refractivity contribution in [3.8, 4) is 5.75 Å². The lowest BCUT2D eigenvalue weighted by Crippen LogP contribution is -2.23. The van der Waals surface area contributed by atoms with E-state index in [-0.39, 0.29) is 5.75 Å². The molecule has 2 N–H and O–H groups in total. The fourth-order valence-electron chi connectivity index (χ4n) is 3.08. The molecule has 0 aliphatic heterocycles. The molecule has 1 atom stereocenters. The van der Waals surface area contributed by atoms with Gasteiger partial charge in [-0.25, -0.2) is 0 Å². The van der Waals surface area contributed by atoms with Gasteiger partial charge < -0.3 is 10.2 Å². The molecule has 1 aliphatic carbocycles. The molecule has 0 saturated carbocycles. The van der Waals surface area contributed by atoms with E-state index in [1.165, 1.54) is 11.8 Å². The van der Waals surface area contributed by atoms with Gasteiger partial charge in [-0.1, -0.05) is 72.4 Å². The fraction of sp³-hybridized carbons (Fsp3) is 0.100. The Balaban J connectivity index is 1.82. The molecule has 114 valence electrons. The third kappa shape index (κ3) is 2.42. The molecule has 3 heteroatoms. The molecule has 1 unspecified atom stereocenters. The Bertz CT molecular complexity index is 911. The molecular weight excluding hydrogens is 304 g/mol. The van der Waals surface area contributed by atoms with Crippen molar-refractivity contribution < 1.29 is 10.2 Å². The summed E-state index contributed by atoms with van der Waals surface area (Å²) in [4.78, 5) is -0.0392. The molecule has 0 spiro atoms. The summed E-state index contributed by atoms with van der Waals surface area (Å²) < 4.78 is 0. The second-order valence-corrected chi connectivity index (χ2v) is 7.03. The van der Waals surface area contributed by atoms with Crippen molar-refractivity contribution in [2.45, 2.75) is 16.2 Å². The average molecular weight is 320 g/mol. The highest BCUT2D eigenvalue weighted by Gasteiger charge is 2.34. The zero-order chi connectivity index (χ0) is 15.9. The number of phenols is 1. The molecule has 1 aliphatic rings. The van der Waals surface area contributed by atoms with Gasteiger partial charge in [0.05, 0.1) is 0 Å². The molecule has 23 heavy (non-hydrogen) atoms. The van der Waals surface area contributed by atoms with E-state index in [9.17, 15) is 10.2 Å². The number of hydrogen-bond acceptors (Lipinski definition) is 3. The first-order valence-corrected chi connectivity index (χ1v) is 8.37. The Hall–Kier alpha value is -2.23. The van der Waals surface area contributed by atoms with Crippen LogP contribution in [0.3, 0.4) is 0 Å². The first-order valence-electron chi connectivity index (χ1n) is 7.55. The summed E-state index contributed by atoms with van der Waals surface area (Å²) in [6, 6.07) is 19.6. The Morgan fingerprint density at radius 3 is 2.61 bits per heavy atom. The number of phenolic OH excluding ortho intramolecular Hbond substituents is 1. The van der Waals surface area contributed by atoms with E-state index in [1.54, 1.807) is 12.1 Å². The molecule has 0 radical (unpaired) electrons. The SMILES string of the molecule is Oc1cccc2c1C=CCC2(O)Sc1cccc2ccccc12. The van der Waals surface area contributed by atoms with E-state index in [1.807, 2.05) is 42.5 Å². The van der Waals surface area contributed by atoms with Crippen molar-refractivity contribution in [3.63, 3.8) is 0 Å². The molecule has 0 fully saturated rings. The standard InChI is InChI=1S/C20H16O2S/c21-18-11-4-10-17-16(18)9-5-13-20(17,22)23-19-12-3-7-14-6-1-2-8-15(14)19/h1-12,21-22H,13H2. The quantitative estimate of drug-likeness (QED) is 0.660. The zero-order valence-electron chi connectivity index (χ0n) is 12.4. The normalized spacial score (nSPS) is 19.7. The minimum absolute atomic E-state index is 0.204. The number of fused-ring (bicyclic) bond motifs is 2. The molecule has 3 aromatic carbocycles. The largest absolute Gasteiger partial charge is 0.507 e. The lowest BCUT2D eigenvalue weighted by molar-refractivity contribution is 0.139. The zero-order valence-corrected chi connectivity index (χ0v) is 13.3. The Kier molecular flexibility index (Phi) is 3.40. The molecule has 0 amide bonds. The van der Waals surface area contributed by atoms with Crippen LogP contribution in [0, 0.1) is 0 Å². The summed E-state index contributed by atoms with van der Waals surface area (Å²) in [7, 11) is 0. The number of aromatic hydroxyl groups is 1. The predicted octanol–water partition coefficient (Wildman–Crippen LogP) is 4.90. The molecular formula is C20H16O2S. The third-order valence-corrected chi connectivity index (χ3v) is 5.51. The van der Waals surface area contributed by atoms with Gasteiger partial charge in [-0.3, -0.25) is 0 Å². The van der Waals surface area contributed by atoms with Gasteiger partial charge in [-0.15, -0.1) is 0 Å². The van der Waals surface area contributed by atoms with Crippen molar-refractivity contribution in [2.24, 2.45) is 0 Å². The van der Waals surface area contributed by atoms with Crippen LogP contribution in [-0.4, -0.2) is 10.2 Å². The maximum absolute atomic E-state index is 11.3. The molecule has 0 heterocycles. The molecule has 0 bridgehead atoms. The first-order chi connectivity index (χ1) is 11.2. The third-order valence-electron chi connectivity index (χ3n) is 4.21. The minimum Gasteiger partial charge on any atom is -0.507 e. The Morgan fingerprint density at radius 2 is 1.70 bits per heavy atom. The van der Waals surface area contributed by atoms with Gasteiger partial charge >= 0.3 is 0 Å². The Morgan fingerprint density at radius 1 is 0.913 bits per heavy atom. The monoisotopic (exact) mass is 320 g/mol. The van der Waals surface area contributed by atoms with Crippen LogP contribution in [0.4, 0.5) is 0 Å². The van der Waals surface area contributed by atoms with Gasteiger partial charge in [-0.05, 0) is 22.9 Å². The van der Waals surface area contributed by atoms with Crippen molar-refractivity contribution >= 4 is 28.6 Å². The van der Waals surface area contributed by atoms with Crippen LogP contribution in [-0.2, 0) is 4.93 Å². The maximum atomic E-state index is 11.3. The lowest BCUT2D eigenvalue weighted by atomic mass is 9.93. The highest BCUT2D eigenvalue weighted by atomic mass is 32.2. The van der Waals surface area contributed by atoms with Crippen LogP contribution in [0.2, 0.25) is 0 Å². The van der Waals surface area contributed by atoms with E-state index in [4.69, 9.17) is 0 Å². The summed E-state index contributed by atoms with van der Waals surface area (Å²) in [5, 5.41) is 23.6. The summed E-state index contributed by atoms with van der Waals surface area (Å²) in [6.45, 7) is 0. The summed E-state index contributed by atoms with van der Waals surface area (Å²) in [5.41, 5.74) is 1.46. The number of rotatable bonds is 2. The number of thioether (sulfide) groups is 1. The van der Waals surface area contributed by atoms with E-state index in [0.29, 0.717) is 12.0 Å². The second kappa shape index (κ2) is 5.44. The molecule has 0 saturated heterocycles. The number of benzene rings is 3. The minimum atomic E-state index is -1.08. The highest BCUT2D eigenvalue weighted by molar-refractivity contribution is 8.00. The molecule has 3 aromatic rings. The van der Waals surface area contributed by atoms with Crippen molar-refractivity contribution in [1.29, 1.82) is 0 Å². The van der Waals surface area contributed by atoms with Gasteiger partial charge in [0.2, 0.25) is 0 Å². The molecule has 4 rings (SSSR count). The van der Waals surface area contributed by atoms with E-state index in [0.717, 1.165) is 21.2 Å². The molecule has 0 aromatic heterocycles. The average Bonchev–Trinajstić information content (AvgIpc) is 2.56. The van der Waals surface area contributed by atoms with Gasteiger partial charge in [0.15, 0.2) is 0 Å². The second-order valence-electron chi connectivity index (χ2n) is 5.71. The van der Waals surface area contributed by atoms with Crippen LogP contribution < -0.4 is 0 Å². The first kappa shape index (κ1) is 14.4. The van der Waals surface area contributed by atoms with Crippen LogP contribution >= 0.6 is 11.8 Å². The van der Waals surface area contributed by atoms with Crippen molar-refractivity contribution in [2.75, 3.05) is 0 Å². The van der Waals surface area contributed by atoms with E-state index < -0.39 is 4.93 Å². The van der Waals surface area contributed by atoms with Crippen LogP contribution in [0.1, 0.15) is 17.5 Å². The Labute approximate surface area is 139 Å². The highest BCUT2D eigenvalue weighted by Crippen LogP contribution is 2.49. The van der Waals surface area contributed by atoms with Gasteiger partial charge in [0.1, 0.15) is 10.7 Å². The lowest BCUT2D eigenvalue weighted by Gasteiger charge is -2.31. The topological polar surface area (TPSA) is 40.5 Å². The summed E-state index contributed by atoms with van der Waals surface area (Å²) in [6.07, 6.45) is 4.31. The van der Waals surface area contributed by atoms with Crippen LogP contribution in [0.5, 0.6) is 5.75 Å². The fourth-order valence-corrected chi connectivity index (χ4v) is 4.35.